The molecule has 0 aliphatic carbocycles. The van der Waals surface area contributed by atoms with E-state index in [1.165, 1.54) is 16.7 Å². The highest BCUT2D eigenvalue weighted by Gasteiger charge is 2.41. The maximum Gasteiger partial charge on any atom is 0.269 e. The Balaban J connectivity index is 1.74. The summed E-state index contributed by atoms with van der Waals surface area (Å²) in [5, 5.41) is 13.0. The van der Waals surface area contributed by atoms with E-state index in [1.807, 2.05) is 42.5 Å². The second-order valence-electron chi connectivity index (χ2n) is 7.16. The lowest BCUT2D eigenvalue weighted by molar-refractivity contribution is -0.117. The van der Waals surface area contributed by atoms with Crippen molar-refractivity contribution in [3.8, 4) is 6.07 Å². The molecule has 0 saturated carbocycles. The van der Waals surface area contributed by atoms with Gasteiger partial charge in [-0.25, -0.2) is 0 Å². The van der Waals surface area contributed by atoms with Crippen LogP contribution in [0, 0.1) is 11.3 Å². The highest BCUT2D eigenvalue weighted by molar-refractivity contribution is 9.10. The van der Waals surface area contributed by atoms with Crippen LogP contribution < -0.4 is 10.2 Å². The minimum absolute atomic E-state index is 0.123. The molecular formula is C25H17BrClN3O2S. The van der Waals surface area contributed by atoms with Crippen molar-refractivity contribution in [3.05, 3.63) is 105 Å². The fourth-order valence-electron chi connectivity index (χ4n) is 3.39. The minimum atomic E-state index is -0.570. The van der Waals surface area contributed by atoms with Crippen molar-refractivity contribution in [2.75, 3.05) is 10.2 Å². The highest BCUT2D eigenvalue weighted by Crippen LogP contribution is 2.42. The third kappa shape index (κ3) is 5.14. The maximum atomic E-state index is 13.5. The summed E-state index contributed by atoms with van der Waals surface area (Å²) in [5.74, 6) is -0.781. The van der Waals surface area contributed by atoms with Crippen LogP contribution in [-0.4, -0.2) is 17.1 Å². The van der Waals surface area contributed by atoms with E-state index < -0.39 is 11.2 Å². The van der Waals surface area contributed by atoms with E-state index in [0.717, 1.165) is 10.0 Å². The first-order valence-electron chi connectivity index (χ1n) is 9.98. The van der Waals surface area contributed by atoms with Gasteiger partial charge in [0.1, 0.15) is 16.7 Å². The van der Waals surface area contributed by atoms with Gasteiger partial charge in [-0.3, -0.25) is 14.5 Å². The van der Waals surface area contributed by atoms with E-state index in [-0.39, 0.29) is 11.5 Å². The summed E-state index contributed by atoms with van der Waals surface area (Å²) >= 11 is 10.9. The van der Waals surface area contributed by atoms with Gasteiger partial charge in [-0.2, -0.15) is 5.26 Å². The quantitative estimate of drug-likeness (QED) is 0.312. The molecule has 164 valence electrons. The average Bonchev–Trinajstić information content (AvgIpc) is 3.12. The van der Waals surface area contributed by atoms with Gasteiger partial charge in [-0.05, 0) is 54.4 Å². The smallest absolute Gasteiger partial charge is 0.269 e. The standard InChI is InChI=1S/C25H17BrClN3O2S/c26-17-10-12-19(13-11-17)30-24(32)22(14-16-6-4-5-9-21(16)27)33-25(30)20(15-28)23(31)29-18-7-2-1-3-8-18/h1-13,22H,14H2,(H,29,31)/b25-20-/t22-/m1/s1. The van der Waals surface area contributed by atoms with Crippen LogP contribution in [0.3, 0.4) is 0 Å². The molecule has 1 fully saturated rings. The zero-order valence-corrected chi connectivity index (χ0v) is 20.3. The summed E-state index contributed by atoms with van der Waals surface area (Å²) in [6, 6.07) is 25.4. The largest absolute Gasteiger partial charge is 0.321 e. The lowest BCUT2D eigenvalue weighted by atomic mass is 10.1. The summed E-state index contributed by atoms with van der Waals surface area (Å²) in [6.07, 6.45) is 0.374. The molecule has 0 radical (unpaired) electrons. The number of amides is 2. The number of nitriles is 1. The van der Waals surface area contributed by atoms with E-state index in [1.54, 1.807) is 42.5 Å². The van der Waals surface area contributed by atoms with E-state index in [4.69, 9.17) is 11.6 Å². The molecule has 1 saturated heterocycles. The van der Waals surface area contributed by atoms with E-state index in [2.05, 4.69) is 21.2 Å². The van der Waals surface area contributed by atoms with Gasteiger partial charge >= 0.3 is 0 Å². The number of carbonyl (C=O) groups excluding carboxylic acids is 2. The Labute approximate surface area is 209 Å². The zero-order chi connectivity index (χ0) is 23.4. The normalized spacial score (nSPS) is 16.9. The Morgan fingerprint density at radius 2 is 1.73 bits per heavy atom. The van der Waals surface area contributed by atoms with Gasteiger partial charge in [0.2, 0.25) is 5.91 Å². The second kappa shape index (κ2) is 10.3. The number of nitrogens with zero attached hydrogens (tertiary/aromatic N) is 2. The van der Waals surface area contributed by atoms with E-state index in [9.17, 15) is 14.9 Å². The molecule has 2 amide bonds. The summed E-state index contributed by atoms with van der Waals surface area (Å²) < 4.78 is 0.853. The molecule has 0 spiro atoms. The number of halogens is 2. The molecule has 0 unspecified atom stereocenters. The molecule has 0 bridgehead atoms. The third-order valence-electron chi connectivity index (χ3n) is 4.99. The molecule has 8 heteroatoms. The van der Waals surface area contributed by atoms with Crippen molar-refractivity contribution in [3.63, 3.8) is 0 Å². The Morgan fingerprint density at radius 1 is 1.06 bits per heavy atom. The molecule has 1 N–H and O–H groups in total. The van der Waals surface area contributed by atoms with Crippen LogP contribution in [0.5, 0.6) is 0 Å². The number of thioether (sulfide) groups is 1. The third-order valence-corrected chi connectivity index (χ3v) is 7.15. The van der Waals surface area contributed by atoms with Crippen molar-refractivity contribution in [2.45, 2.75) is 11.7 Å². The van der Waals surface area contributed by atoms with E-state index >= 15 is 0 Å². The zero-order valence-electron chi connectivity index (χ0n) is 17.2. The number of hydrogen-bond donors (Lipinski definition) is 1. The van der Waals surface area contributed by atoms with Crippen LogP contribution in [0.25, 0.3) is 0 Å². The lowest BCUT2D eigenvalue weighted by Gasteiger charge is -2.19. The van der Waals surface area contributed by atoms with Crippen LogP contribution in [-0.2, 0) is 16.0 Å². The molecular weight excluding hydrogens is 522 g/mol. The first-order valence-corrected chi connectivity index (χ1v) is 12.0. The fourth-order valence-corrected chi connectivity index (χ4v) is 5.16. The molecule has 1 aliphatic heterocycles. The molecule has 5 nitrogen and oxygen atoms in total. The SMILES string of the molecule is N#C/C(C(=O)Nc1ccccc1)=C1/S[C@H](Cc2ccccc2Cl)C(=O)N1c1ccc(Br)cc1. The topological polar surface area (TPSA) is 73.2 Å². The molecule has 33 heavy (non-hydrogen) atoms. The summed E-state index contributed by atoms with van der Waals surface area (Å²) in [4.78, 5) is 28.0. The van der Waals surface area contributed by atoms with E-state index in [0.29, 0.717) is 27.8 Å². The number of rotatable bonds is 5. The number of nitrogens with one attached hydrogen (secondary N) is 1. The monoisotopic (exact) mass is 537 g/mol. The number of para-hydroxylation sites is 1. The Morgan fingerprint density at radius 3 is 2.39 bits per heavy atom. The minimum Gasteiger partial charge on any atom is -0.321 e. The van der Waals surface area contributed by atoms with Crippen LogP contribution in [0.15, 0.2) is 93.9 Å². The summed E-state index contributed by atoms with van der Waals surface area (Å²) in [6.45, 7) is 0. The molecule has 4 rings (SSSR count). The highest BCUT2D eigenvalue weighted by atomic mass is 79.9. The van der Waals surface area contributed by atoms with Gasteiger partial charge in [-0.15, -0.1) is 0 Å². The number of benzene rings is 3. The first-order chi connectivity index (χ1) is 16.0. The summed E-state index contributed by atoms with van der Waals surface area (Å²) in [5.41, 5.74) is 1.84. The van der Waals surface area contributed by atoms with Crippen LogP contribution in [0.2, 0.25) is 5.02 Å². The molecule has 1 heterocycles. The lowest BCUT2D eigenvalue weighted by Crippen LogP contribution is -2.31. The number of carbonyl (C=O) groups is 2. The molecule has 1 aliphatic rings. The fraction of sp³-hybridized carbons (Fsp3) is 0.0800. The van der Waals surface area contributed by atoms with Crippen LogP contribution in [0.4, 0.5) is 11.4 Å². The number of anilines is 2. The van der Waals surface area contributed by atoms with Gasteiger partial charge in [0, 0.05) is 20.9 Å². The Bertz CT molecular complexity index is 1270. The molecule has 3 aromatic carbocycles. The molecule has 1 atom stereocenters. The van der Waals surface area contributed by atoms with Gasteiger partial charge in [0.25, 0.3) is 5.91 Å². The van der Waals surface area contributed by atoms with Crippen LogP contribution >= 0.6 is 39.3 Å². The van der Waals surface area contributed by atoms with Crippen LogP contribution in [0.1, 0.15) is 5.56 Å². The van der Waals surface area contributed by atoms with Gasteiger partial charge in [0.15, 0.2) is 0 Å². The Kier molecular flexibility index (Phi) is 7.19. The number of hydrogen-bond acceptors (Lipinski definition) is 4. The summed E-state index contributed by atoms with van der Waals surface area (Å²) in [7, 11) is 0. The first kappa shape index (κ1) is 23.1. The van der Waals surface area contributed by atoms with Crippen molar-refractivity contribution in [1.29, 1.82) is 5.26 Å². The van der Waals surface area contributed by atoms with Crippen molar-refractivity contribution in [1.82, 2.24) is 0 Å². The second-order valence-corrected chi connectivity index (χ2v) is 9.68. The maximum absolute atomic E-state index is 13.5. The van der Waals surface area contributed by atoms with Gasteiger partial charge < -0.3 is 5.32 Å². The molecule has 3 aromatic rings. The van der Waals surface area contributed by atoms with Crippen molar-refractivity contribution < 1.29 is 9.59 Å². The van der Waals surface area contributed by atoms with Gasteiger partial charge in [-0.1, -0.05) is 75.7 Å². The predicted octanol–water partition coefficient (Wildman–Crippen LogP) is 6.17. The Hall–Kier alpha value is -3.05. The van der Waals surface area contributed by atoms with Gasteiger partial charge in [0.05, 0.1) is 5.25 Å². The molecule has 0 aromatic heterocycles. The van der Waals surface area contributed by atoms with Crippen molar-refractivity contribution in [2.24, 2.45) is 0 Å². The van der Waals surface area contributed by atoms with Crippen molar-refractivity contribution >= 4 is 62.5 Å². The average molecular weight is 539 g/mol. The predicted molar refractivity (Wildman–Crippen MR) is 136 cm³/mol.